The number of rotatable bonds is 11. The largest absolute Gasteiger partial charge is 1.00 e. The van der Waals surface area contributed by atoms with E-state index in [1.165, 1.54) is 13.3 Å². The Kier molecular flexibility index (Phi) is 10.7. The Balaban J connectivity index is 0.00000405. The van der Waals surface area contributed by atoms with Gasteiger partial charge in [0.2, 0.25) is 5.88 Å². The van der Waals surface area contributed by atoms with Gasteiger partial charge in [0.15, 0.2) is 0 Å². The van der Waals surface area contributed by atoms with Crippen LogP contribution < -0.4 is 44.1 Å². The third-order valence-electron chi connectivity index (χ3n) is 8.80. The van der Waals surface area contributed by atoms with Crippen molar-refractivity contribution in [2.45, 2.75) is 78.0 Å². The average Bonchev–Trinajstić information content (AvgIpc) is 3.81. The van der Waals surface area contributed by atoms with Crippen LogP contribution in [0.4, 0.5) is 4.39 Å². The number of aromatic nitrogens is 1. The van der Waals surface area contributed by atoms with Gasteiger partial charge in [0, 0.05) is 36.1 Å². The summed E-state index contributed by atoms with van der Waals surface area (Å²) in [7, 11) is 1.53. The van der Waals surface area contributed by atoms with Crippen molar-refractivity contribution in [3.05, 3.63) is 76.7 Å². The van der Waals surface area contributed by atoms with E-state index >= 15 is 4.39 Å². The van der Waals surface area contributed by atoms with Crippen LogP contribution in [0.15, 0.2) is 48.7 Å². The molecule has 8 heteroatoms. The molecule has 6 nitrogen and oxygen atoms in total. The van der Waals surface area contributed by atoms with Gasteiger partial charge in [-0.15, -0.1) is 0 Å². The molecule has 5 rings (SSSR count). The van der Waals surface area contributed by atoms with Crippen molar-refractivity contribution in [1.82, 2.24) is 9.88 Å². The molecule has 218 valence electrons. The fraction of sp³-hybridized carbons (Fsp3) is 0.471. The first kappa shape index (κ1) is 32.5. The molecular weight excluding hydrogens is 542 g/mol. The Morgan fingerprint density at radius 2 is 1.88 bits per heavy atom. The topological polar surface area (TPSA) is 74.7 Å². The number of ether oxygens (including phenoxy) is 2. The minimum absolute atomic E-state index is 0. The number of carboxylic acid groups (broad SMARTS) is 1. The first-order chi connectivity index (χ1) is 19.7. The zero-order valence-corrected chi connectivity index (χ0v) is 27.7. The molecule has 1 aliphatic heterocycles. The Morgan fingerprint density at radius 1 is 1.12 bits per heavy atom. The summed E-state index contributed by atoms with van der Waals surface area (Å²) in [5.74, 6) is -0.440. The van der Waals surface area contributed by atoms with E-state index in [0.717, 1.165) is 65.8 Å². The molecule has 3 atom stereocenters. The third-order valence-corrected chi connectivity index (χ3v) is 8.80. The zero-order chi connectivity index (χ0) is 29.3. The molecule has 2 aliphatic rings. The van der Waals surface area contributed by atoms with Crippen molar-refractivity contribution in [3.63, 3.8) is 0 Å². The molecule has 0 spiro atoms. The number of fused-ring (bicyclic) bond motifs is 1. The summed E-state index contributed by atoms with van der Waals surface area (Å²) in [4.78, 5) is 18.1. The van der Waals surface area contributed by atoms with E-state index in [9.17, 15) is 9.90 Å². The summed E-state index contributed by atoms with van der Waals surface area (Å²) in [5.41, 5.74) is 5.49. The van der Waals surface area contributed by atoms with Crippen LogP contribution in [0.3, 0.4) is 0 Å². The standard InChI is InChI=1S/C34H41FN2O4.Na/c1-6-37(20(2)3)19-26-15-24(11-13-27(26)28-17-32(40-5)36-18-29(28)35)30-14-12-22-7-10-25(16-31(22)41-30)33(23-8-9-23)21(4)34(38)39;/h7,10-11,13,15-18,20-21,23,30,33H,6,8-9,12,14,19H2,1-5H3,(H,38,39);/q;+1/p-1/t21-,30?,33-;/m0./s1. The van der Waals surface area contributed by atoms with Crippen molar-refractivity contribution in [3.8, 4) is 22.8 Å². The SMILES string of the molecule is CCN(Cc1cc(C2CCc3ccc([C@H](C4CC4)[C@H](C)C(=O)[O-])cc3O2)ccc1-c1cc(OC)ncc1F)C(C)C.[Na+]. The zero-order valence-electron chi connectivity index (χ0n) is 25.7. The molecule has 1 saturated carbocycles. The number of aliphatic carboxylic acids is 1. The molecule has 1 aromatic heterocycles. The maximum Gasteiger partial charge on any atom is 1.00 e. The summed E-state index contributed by atoms with van der Waals surface area (Å²) in [6, 6.07) is 14.4. The molecule has 1 fully saturated rings. The van der Waals surface area contributed by atoms with Crippen LogP contribution in [0.1, 0.15) is 81.2 Å². The Bertz CT molecular complexity index is 1410. The molecule has 2 aromatic carbocycles. The number of carbonyl (C=O) groups is 1. The summed E-state index contributed by atoms with van der Waals surface area (Å²) < 4.78 is 26.9. The molecule has 0 radical (unpaired) electrons. The number of nitrogens with zero attached hydrogens (tertiary/aromatic N) is 2. The van der Waals surface area contributed by atoms with E-state index in [0.29, 0.717) is 29.9 Å². The maximum absolute atomic E-state index is 15.0. The van der Waals surface area contributed by atoms with E-state index in [4.69, 9.17) is 9.47 Å². The first-order valence-corrected chi connectivity index (χ1v) is 14.8. The minimum atomic E-state index is -1.00. The molecule has 0 amide bonds. The van der Waals surface area contributed by atoms with Crippen LogP contribution in [0, 0.1) is 17.7 Å². The Hall–Kier alpha value is -2.45. The number of methoxy groups -OCH3 is 1. The number of hydrogen-bond donors (Lipinski definition) is 0. The first-order valence-electron chi connectivity index (χ1n) is 14.8. The molecule has 1 aliphatic carbocycles. The summed E-state index contributed by atoms with van der Waals surface area (Å²) in [5, 5.41) is 11.8. The van der Waals surface area contributed by atoms with E-state index < -0.39 is 17.7 Å². The fourth-order valence-electron chi connectivity index (χ4n) is 6.22. The van der Waals surface area contributed by atoms with Gasteiger partial charge in [0.05, 0.1) is 13.3 Å². The van der Waals surface area contributed by atoms with Gasteiger partial charge in [0.25, 0.3) is 0 Å². The van der Waals surface area contributed by atoms with Gasteiger partial charge in [0.1, 0.15) is 17.7 Å². The van der Waals surface area contributed by atoms with Crippen LogP contribution in [0.5, 0.6) is 11.6 Å². The summed E-state index contributed by atoms with van der Waals surface area (Å²) >= 11 is 0. The Labute approximate surface area is 270 Å². The second-order valence-corrected chi connectivity index (χ2v) is 11.8. The van der Waals surface area contributed by atoms with Gasteiger partial charge in [-0.3, -0.25) is 4.90 Å². The summed E-state index contributed by atoms with van der Waals surface area (Å²) in [6.45, 7) is 9.75. The normalized spacial score (nSPS) is 17.7. The van der Waals surface area contributed by atoms with E-state index in [1.807, 2.05) is 12.1 Å². The molecule has 0 saturated heterocycles. The quantitative estimate of drug-likeness (QED) is 0.324. The van der Waals surface area contributed by atoms with E-state index in [2.05, 4.69) is 54.9 Å². The monoisotopic (exact) mass is 582 g/mol. The molecule has 3 aromatic rings. The van der Waals surface area contributed by atoms with Gasteiger partial charge in [-0.1, -0.05) is 44.2 Å². The number of carbonyl (C=O) groups excluding carboxylic acids is 1. The minimum Gasteiger partial charge on any atom is -0.550 e. The second kappa shape index (κ2) is 13.9. The number of benzene rings is 2. The van der Waals surface area contributed by atoms with Crippen LogP contribution in [0.25, 0.3) is 11.1 Å². The van der Waals surface area contributed by atoms with Crippen molar-refractivity contribution in [1.29, 1.82) is 0 Å². The van der Waals surface area contributed by atoms with Crippen molar-refractivity contribution in [2.24, 2.45) is 11.8 Å². The van der Waals surface area contributed by atoms with Gasteiger partial charge in [-0.25, -0.2) is 9.37 Å². The van der Waals surface area contributed by atoms with Gasteiger partial charge in [-0.2, -0.15) is 0 Å². The Morgan fingerprint density at radius 3 is 2.52 bits per heavy atom. The molecular formula is C34H40FN2NaO4. The predicted molar refractivity (Wildman–Crippen MR) is 155 cm³/mol. The molecule has 0 N–H and O–H groups in total. The van der Waals surface area contributed by atoms with Gasteiger partial charge >= 0.3 is 29.6 Å². The van der Waals surface area contributed by atoms with Crippen LogP contribution >= 0.6 is 0 Å². The second-order valence-electron chi connectivity index (χ2n) is 11.8. The van der Waals surface area contributed by atoms with Crippen molar-refractivity contribution in [2.75, 3.05) is 13.7 Å². The smallest absolute Gasteiger partial charge is 0.550 e. The number of aryl methyl sites for hydroxylation is 1. The van der Waals surface area contributed by atoms with Crippen LogP contribution in [0.2, 0.25) is 0 Å². The predicted octanol–water partition coefficient (Wildman–Crippen LogP) is 3.08. The van der Waals surface area contributed by atoms with Crippen LogP contribution in [-0.4, -0.2) is 35.5 Å². The molecule has 2 heterocycles. The number of halogens is 1. The van der Waals surface area contributed by atoms with Crippen molar-refractivity contribution < 1.29 is 53.3 Å². The van der Waals surface area contributed by atoms with E-state index in [-0.39, 0.29) is 41.6 Å². The van der Waals surface area contributed by atoms with E-state index in [1.54, 1.807) is 13.0 Å². The third kappa shape index (κ3) is 7.02. The molecule has 0 bridgehead atoms. The van der Waals surface area contributed by atoms with Gasteiger partial charge in [-0.05, 0) is 91.8 Å². The van der Waals surface area contributed by atoms with Gasteiger partial charge < -0.3 is 19.4 Å². The molecule has 1 unspecified atom stereocenters. The average molecular weight is 583 g/mol. The number of pyridine rings is 1. The van der Waals surface area contributed by atoms with Crippen molar-refractivity contribution >= 4 is 5.97 Å². The van der Waals surface area contributed by atoms with Crippen LogP contribution in [-0.2, 0) is 17.8 Å². The number of carboxylic acids is 1. The maximum atomic E-state index is 15.0. The summed E-state index contributed by atoms with van der Waals surface area (Å²) in [6.07, 6.45) is 4.84. The number of hydrogen-bond acceptors (Lipinski definition) is 6. The molecule has 42 heavy (non-hydrogen) atoms. The fourth-order valence-corrected chi connectivity index (χ4v) is 6.22.